The van der Waals surface area contributed by atoms with Crippen molar-refractivity contribution >= 4 is 0 Å². The highest BCUT2D eigenvalue weighted by molar-refractivity contribution is 4.95. The van der Waals surface area contributed by atoms with Crippen molar-refractivity contribution in [1.29, 1.82) is 0 Å². The van der Waals surface area contributed by atoms with Gasteiger partial charge in [0.25, 0.3) is 0 Å². The first-order valence-corrected chi connectivity index (χ1v) is 25.9. The summed E-state index contributed by atoms with van der Waals surface area (Å²) >= 11 is 0. The summed E-state index contributed by atoms with van der Waals surface area (Å²) in [5.74, 6) is 0. The van der Waals surface area contributed by atoms with E-state index in [1.54, 1.807) is 174 Å². The fourth-order valence-corrected chi connectivity index (χ4v) is 4.38. The molecule has 14 heteroatoms. The zero-order valence-electron chi connectivity index (χ0n) is 46.7. The average molecular weight is 1110 g/mol. The van der Waals surface area contributed by atoms with Crippen LogP contribution in [0.25, 0.3) is 0 Å². The van der Waals surface area contributed by atoms with Crippen molar-refractivity contribution in [2.75, 3.05) is 0 Å². The SMILES string of the molecule is c1ccncc1.c1ccncc1.c1ccncc1.c1ccncc1.c1ccncc1.c1ccncc1.c1ccncc1.c1ccncc1.c1ccncc1.c1ccncc1.c1ccncc1.c1ccncc1.c1ccncc1.c1ccncc1. The molecule has 0 unspecified atom stereocenters. The Kier molecular flexibility index (Phi) is 56.1. The van der Waals surface area contributed by atoms with Gasteiger partial charge in [-0.3, -0.25) is 69.8 Å². The molecule has 0 spiro atoms. The van der Waals surface area contributed by atoms with E-state index >= 15 is 0 Å². The van der Waals surface area contributed by atoms with Crippen molar-refractivity contribution in [1.82, 2.24) is 69.8 Å². The molecule has 420 valence electrons. The van der Waals surface area contributed by atoms with Gasteiger partial charge in [0.15, 0.2) is 0 Å². The summed E-state index contributed by atoms with van der Waals surface area (Å²) in [5, 5.41) is 0. The van der Waals surface area contributed by atoms with E-state index < -0.39 is 0 Å². The molecule has 14 rings (SSSR count). The summed E-state index contributed by atoms with van der Waals surface area (Å²) in [5.41, 5.74) is 0. The lowest BCUT2D eigenvalue weighted by Crippen LogP contribution is -1.58. The molecular formula is C70H70N14. The normalized spacial score (nSPS) is 8.00. The van der Waals surface area contributed by atoms with E-state index in [-0.39, 0.29) is 0 Å². The largest absolute Gasteiger partial charge is 0.265 e. The lowest BCUT2D eigenvalue weighted by atomic mass is 10.5. The molecule has 0 fully saturated rings. The molecule has 0 aromatic carbocycles. The van der Waals surface area contributed by atoms with Gasteiger partial charge in [0.1, 0.15) is 0 Å². The number of hydrogen-bond donors (Lipinski definition) is 0. The fourth-order valence-electron chi connectivity index (χ4n) is 4.38. The molecule has 0 radical (unpaired) electrons. The van der Waals surface area contributed by atoms with Gasteiger partial charge < -0.3 is 0 Å². The molecule has 0 aliphatic rings. The van der Waals surface area contributed by atoms with Gasteiger partial charge in [-0.25, -0.2) is 0 Å². The Hall–Kier alpha value is -11.9. The van der Waals surface area contributed by atoms with E-state index in [1.165, 1.54) is 0 Å². The molecule has 0 bridgehead atoms. The van der Waals surface area contributed by atoms with Crippen LogP contribution in [0, 0.1) is 0 Å². The second kappa shape index (κ2) is 67.2. The van der Waals surface area contributed by atoms with Gasteiger partial charge in [0, 0.05) is 174 Å². The van der Waals surface area contributed by atoms with E-state index in [1.807, 2.05) is 255 Å². The third-order valence-electron chi connectivity index (χ3n) is 7.93. The number of rotatable bonds is 0. The quantitative estimate of drug-likeness (QED) is 0.140. The molecule has 0 amide bonds. The van der Waals surface area contributed by atoms with Crippen LogP contribution in [0.15, 0.2) is 428 Å². The molecular weight excluding hydrogens is 1040 g/mol. The Labute approximate surface area is 495 Å². The molecule has 0 saturated carbocycles. The Morgan fingerprint density at radius 1 is 0.0595 bits per heavy atom. The summed E-state index contributed by atoms with van der Waals surface area (Å²) in [4.78, 5) is 53.0. The number of hydrogen-bond acceptors (Lipinski definition) is 14. The number of nitrogens with zero attached hydrogens (tertiary/aromatic N) is 14. The standard InChI is InChI=1S/14C5H5N/c14*1-2-4-6-5-3-1/h14*1-5H. The van der Waals surface area contributed by atoms with Crippen molar-refractivity contribution in [3.05, 3.63) is 428 Å². The molecule has 84 heavy (non-hydrogen) atoms. The topological polar surface area (TPSA) is 180 Å². The lowest BCUT2D eigenvalue weighted by molar-refractivity contribution is 1.33. The van der Waals surface area contributed by atoms with Crippen LogP contribution in [0.4, 0.5) is 0 Å². The Bertz CT molecular complexity index is 1900. The minimum absolute atomic E-state index is 1.75. The summed E-state index contributed by atoms with van der Waals surface area (Å²) in [6, 6.07) is 80.0. The first kappa shape index (κ1) is 70.1. The van der Waals surface area contributed by atoms with E-state index in [9.17, 15) is 0 Å². The highest BCUT2D eigenvalue weighted by Crippen LogP contribution is 1.81. The summed E-state index contributed by atoms with van der Waals surface area (Å²) in [6.07, 6.45) is 49.0. The minimum Gasteiger partial charge on any atom is -0.265 e. The maximum absolute atomic E-state index is 3.78. The van der Waals surface area contributed by atoms with Crippen molar-refractivity contribution in [3.8, 4) is 0 Å². The highest BCUT2D eigenvalue weighted by atomic mass is 14.6. The maximum Gasteiger partial charge on any atom is 0.0267 e. The summed E-state index contributed by atoms with van der Waals surface area (Å²) in [6.45, 7) is 0. The maximum atomic E-state index is 3.78. The van der Waals surface area contributed by atoms with Crippen molar-refractivity contribution in [2.24, 2.45) is 0 Å². The monoisotopic (exact) mass is 1110 g/mol. The molecule has 0 saturated heterocycles. The summed E-state index contributed by atoms with van der Waals surface area (Å²) in [7, 11) is 0. The average Bonchev–Trinajstić information content (AvgIpc) is 3.65. The van der Waals surface area contributed by atoms with Crippen LogP contribution in [0.2, 0.25) is 0 Å². The number of aromatic nitrogens is 14. The van der Waals surface area contributed by atoms with Crippen LogP contribution in [0.5, 0.6) is 0 Å². The predicted octanol–water partition coefficient (Wildman–Crippen LogP) is 15.1. The minimum atomic E-state index is 1.75. The zero-order valence-corrected chi connectivity index (χ0v) is 46.7. The van der Waals surface area contributed by atoms with Crippen LogP contribution in [-0.4, -0.2) is 69.8 Å². The summed E-state index contributed by atoms with van der Waals surface area (Å²) < 4.78 is 0. The smallest absolute Gasteiger partial charge is 0.0267 e. The highest BCUT2D eigenvalue weighted by Gasteiger charge is 1.66. The predicted molar refractivity (Wildman–Crippen MR) is 339 cm³/mol. The third-order valence-corrected chi connectivity index (χ3v) is 7.93. The first-order chi connectivity index (χ1) is 42.0. The fraction of sp³-hybridized carbons (Fsp3) is 0. The van der Waals surface area contributed by atoms with Gasteiger partial charge in [-0.05, 0) is 170 Å². The third kappa shape index (κ3) is 64.4. The van der Waals surface area contributed by atoms with Crippen molar-refractivity contribution < 1.29 is 0 Å². The van der Waals surface area contributed by atoms with Crippen LogP contribution >= 0.6 is 0 Å². The first-order valence-electron chi connectivity index (χ1n) is 25.9. The Morgan fingerprint density at radius 2 is 0.107 bits per heavy atom. The van der Waals surface area contributed by atoms with E-state index in [0.29, 0.717) is 0 Å². The van der Waals surface area contributed by atoms with Gasteiger partial charge in [-0.2, -0.15) is 0 Å². The second-order valence-electron chi connectivity index (χ2n) is 14.3. The van der Waals surface area contributed by atoms with Crippen LogP contribution in [0.3, 0.4) is 0 Å². The van der Waals surface area contributed by atoms with Crippen LogP contribution in [0.1, 0.15) is 0 Å². The van der Waals surface area contributed by atoms with E-state index in [0.717, 1.165) is 0 Å². The molecule has 14 aromatic heterocycles. The molecule has 14 aromatic rings. The second-order valence-corrected chi connectivity index (χ2v) is 14.3. The van der Waals surface area contributed by atoms with Crippen molar-refractivity contribution in [3.63, 3.8) is 0 Å². The van der Waals surface area contributed by atoms with Gasteiger partial charge >= 0.3 is 0 Å². The zero-order chi connectivity index (χ0) is 59.4. The van der Waals surface area contributed by atoms with E-state index in [4.69, 9.17) is 0 Å². The van der Waals surface area contributed by atoms with Crippen LogP contribution < -0.4 is 0 Å². The molecule has 0 aliphatic heterocycles. The molecule has 0 aliphatic carbocycles. The molecule has 14 heterocycles. The van der Waals surface area contributed by atoms with Gasteiger partial charge in [0.2, 0.25) is 0 Å². The molecule has 0 atom stereocenters. The van der Waals surface area contributed by atoms with Gasteiger partial charge in [-0.15, -0.1) is 0 Å². The number of pyridine rings is 14. The Morgan fingerprint density at radius 3 is 0.119 bits per heavy atom. The Balaban J connectivity index is 0.000000452. The molecule has 0 N–H and O–H groups in total. The van der Waals surface area contributed by atoms with E-state index in [2.05, 4.69) is 69.8 Å². The van der Waals surface area contributed by atoms with Gasteiger partial charge in [-0.1, -0.05) is 84.9 Å². The van der Waals surface area contributed by atoms with Gasteiger partial charge in [0.05, 0.1) is 0 Å². The molecule has 14 nitrogen and oxygen atoms in total. The van der Waals surface area contributed by atoms with Crippen molar-refractivity contribution in [2.45, 2.75) is 0 Å². The lowest BCUT2D eigenvalue weighted by Gasteiger charge is -1.70. The van der Waals surface area contributed by atoms with Crippen LogP contribution in [-0.2, 0) is 0 Å².